The monoisotopic (exact) mass is 279 g/mol. The largest absolute Gasteiger partial charge is 0.482 e. The standard InChI is InChI=1S/C14H17NO5/c1-4-11(14(16)19-3)8-9-20-13-10(2)6-5-7-12(13)15(17)18/h5-8H,4,9H2,1-3H3/b11-8-. The van der Waals surface area contributed by atoms with Crippen LogP contribution in [0.5, 0.6) is 5.75 Å². The molecule has 0 heterocycles. The molecule has 108 valence electrons. The Balaban J connectivity index is 2.87. The first-order valence-corrected chi connectivity index (χ1v) is 6.15. The number of rotatable bonds is 6. The summed E-state index contributed by atoms with van der Waals surface area (Å²) in [5, 5.41) is 10.9. The number of carbonyl (C=O) groups is 1. The molecule has 0 atom stereocenters. The van der Waals surface area contributed by atoms with Crippen molar-refractivity contribution in [2.45, 2.75) is 20.3 Å². The van der Waals surface area contributed by atoms with Gasteiger partial charge in [-0.05, 0) is 25.0 Å². The highest BCUT2D eigenvalue weighted by Crippen LogP contribution is 2.30. The summed E-state index contributed by atoms with van der Waals surface area (Å²) in [4.78, 5) is 21.8. The van der Waals surface area contributed by atoms with Crippen molar-refractivity contribution in [1.29, 1.82) is 0 Å². The molecular formula is C14H17NO5. The molecule has 0 radical (unpaired) electrons. The van der Waals surface area contributed by atoms with E-state index >= 15 is 0 Å². The maximum Gasteiger partial charge on any atom is 0.333 e. The van der Waals surface area contributed by atoms with E-state index in [0.29, 0.717) is 17.6 Å². The summed E-state index contributed by atoms with van der Waals surface area (Å²) in [6.45, 7) is 3.62. The van der Waals surface area contributed by atoms with Crippen LogP contribution in [0.3, 0.4) is 0 Å². The van der Waals surface area contributed by atoms with Gasteiger partial charge in [0.1, 0.15) is 6.61 Å². The van der Waals surface area contributed by atoms with Crippen molar-refractivity contribution in [1.82, 2.24) is 0 Å². The molecule has 20 heavy (non-hydrogen) atoms. The van der Waals surface area contributed by atoms with Gasteiger partial charge in [-0.15, -0.1) is 0 Å². The Kier molecular flexibility index (Phi) is 5.71. The first-order valence-electron chi connectivity index (χ1n) is 6.15. The summed E-state index contributed by atoms with van der Waals surface area (Å²) in [6, 6.07) is 4.71. The van der Waals surface area contributed by atoms with Gasteiger partial charge in [-0.25, -0.2) is 4.79 Å². The fourth-order valence-corrected chi connectivity index (χ4v) is 1.70. The number of aryl methyl sites for hydroxylation is 1. The Morgan fingerprint density at radius 2 is 2.15 bits per heavy atom. The van der Waals surface area contributed by atoms with E-state index in [1.54, 1.807) is 25.1 Å². The summed E-state index contributed by atoms with van der Waals surface area (Å²) in [5.74, 6) is -0.204. The zero-order chi connectivity index (χ0) is 15.1. The number of nitro benzene ring substituents is 1. The lowest BCUT2D eigenvalue weighted by Crippen LogP contribution is -2.07. The van der Waals surface area contributed by atoms with Crippen LogP contribution in [0.15, 0.2) is 29.8 Å². The predicted molar refractivity (Wildman–Crippen MR) is 73.7 cm³/mol. The van der Waals surface area contributed by atoms with E-state index in [9.17, 15) is 14.9 Å². The van der Waals surface area contributed by atoms with Crippen molar-refractivity contribution in [3.05, 3.63) is 45.5 Å². The van der Waals surface area contributed by atoms with E-state index in [1.165, 1.54) is 13.2 Å². The Hall–Kier alpha value is -2.37. The van der Waals surface area contributed by atoms with Crippen molar-refractivity contribution in [2.75, 3.05) is 13.7 Å². The summed E-state index contributed by atoms with van der Waals surface area (Å²) in [7, 11) is 1.30. The fourth-order valence-electron chi connectivity index (χ4n) is 1.70. The molecule has 1 aromatic carbocycles. The molecule has 0 saturated heterocycles. The maximum absolute atomic E-state index is 11.4. The molecule has 1 rings (SSSR count). The molecular weight excluding hydrogens is 262 g/mol. The van der Waals surface area contributed by atoms with Gasteiger partial charge in [0.05, 0.1) is 12.0 Å². The Morgan fingerprint density at radius 3 is 2.70 bits per heavy atom. The molecule has 0 spiro atoms. The molecule has 0 aliphatic heterocycles. The van der Waals surface area contributed by atoms with Crippen molar-refractivity contribution in [3.63, 3.8) is 0 Å². The van der Waals surface area contributed by atoms with Crippen molar-refractivity contribution < 1.29 is 19.2 Å². The second-order valence-corrected chi connectivity index (χ2v) is 4.07. The van der Waals surface area contributed by atoms with Crippen LogP contribution in [0, 0.1) is 17.0 Å². The third-order valence-electron chi connectivity index (χ3n) is 2.77. The highest BCUT2D eigenvalue weighted by molar-refractivity contribution is 5.88. The lowest BCUT2D eigenvalue weighted by Gasteiger charge is -2.08. The summed E-state index contributed by atoms with van der Waals surface area (Å²) < 4.78 is 10.1. The number of carbonyl (C=O) groups excluding carboxylic acids is 1. The lowest BCUT2D eigenvalue weighted by atomic mass is 10.2. The summed E-state index contributed by atoms with van der Waals surface area (Å²) >= 11 is 0. The molecule has 1 aromatic rings. The van der Waals surface area contributed by atoms with Crippen LogP contribution >= 0.6 is 0 Å². The quantitative estimate of drug-likeness (QED) is 0.346. The van der Waals surface area contributed by atoms with Crippen LogP contribution < -0.4 is 4.74 Å². The van der Waals surface area contributed by atoms with Crippen LogP contribution in [0.4, 0.5) is 5.69 Å². The van der Waals surface area contributed by atoms with Crippen LogP contribution in [0.1, 0.15) is 18.9 Å². The third kappa shape index (κ3) is 3.81. The molecule has 0 aromatic heterocycles. The Bertz CT molecular complexity index is 536. The van der Waals surface area contributed by atoms with E-state index in [1.807, 2.05) is 6.92 Å². The molecule has 0 unspecified atom stereocenters. The van der Waals surface area contributed by atoms with Gasteiger partial charge in [0.15, 0.2) is 5.75 Å². The van der Waals surface area contributed by atoms with E-state index in [-0.39, 0.29) is 18.0 Å². The molecule has 6 nitrogen and oxygen atoms in total. The number of nitro groups is 1. The Morgan fingerprint density at radius 1 is 1.45 bits per heavy atom. The minimum absolute atomic E-state index is 0.0734. The van der Waals surface area contributed by atoms with Gasteiger partial charge in [0.25, 0.3) is 0 Å². The highest BCUT2D eigenvalue weighted by atomic mass is 16.6. The predicted octanol–water partition coefficient (Wildman–Crippen LogP) is 2.79. The van der Waals surface area contributed by atoms with Gasteiger partial charge in [0.2, 0.25) is 0 Å². The van der Waals surface area contributed by atoms with Gasteiger partial charge in [0, 0.05) is 11.6 Å². The van der Waals surface area contributed by atoms with E-state index in [4.69, 9.17) is 4.74 Å². The van der Waals surface area contributed by atoms with Gasteiger partial charge < -0.3 is 9.47 Å². The van der Waals surface area contributed by atoms with E-state index < -0.39 is 10.9 Å². The second-order valence-electron chi connectivity index (χ2n) is 4.07. The van der Waals surface area contributed by atoms with E-state index in [0.717, 1.165) is 0 Å². The molecule has 0 bridgehead atoms. The molecule has 0 saturated carbocycles. The second kappa shape index (κ2) is 7.28. The molecule has 6 heteroatoms. The van der Waals surface area contributed by atoms with Gasteiger partial charge in [-0.2, -0.15) is 0 Å². The van der Waals surface area contributed by atoms with Gasteiger partial charge >= 0.3 is 11.7 Å². The number of benzene rings is 1. The van der Waals surface area contributed by atoms with Crippen molar-refractivity contribution in [2.24, 2.45) is 0 Å². The summed E-state index contributed by atoms with van der Waals surface area (Å²) in [5.41, 5.74) is 1.06. The highest BCUT2D eigenvalue weighted by Gasteiger charge is 2.16. The van der Waals surface area contributed by atoms with Crippen molar-refractivity contribution in [3.8, 4) is 5.75 Å². The fraction of sp³-hybridized carbons (Fsp3) is 0.357. The van der Waals surface area contributed by atoms with Crippen LogP contribution in [0.25, 0.3) is 0 Å². The zero-order valence-electron chi connectivity index (χ0n) is 11.7. The molecule has 0 aliphatic carbocycles. The number of para-hydroxylation sites is 1. The average molecular weight is 279 g/mol. The molecule has 0 aliphatic rings. The zero-order valence-corrected chi connectivity index (χ0v) is 11.7. The smallest absolute Gasteiger partial charge is 0.333 e. The number of methoxy groups -OCH3 is 1. The molecule has 0 amide bonds. The number of hydrogen-bond acceptors (Lipinski definition) is 5. The SMILES string of the molecule is CC/C(=C/COc1c(C)cccc1[N+](=O)[O-])C(=O)OC. The van der Waals surface area contributed by atoms with Crippen LogP contribution in [-0.4, -0.2) is 24.6 Å². The maximum atomic E-state index is 11.4. The first kappa shape index (κ1) is 15.7. The van der Waals surface area contributed by atoms with Crippen LogP contribution in [0.2, 0.25) is 0 Å². The summed E-state index contributed by atoms with van der Waals surface area (Å²) in [6.07, 6.45) is 2.08. The van der Waals surface area contributed by atoms with Gasteiger partial charge in [-0.1, -0.05) is 19.1 Å². The van der Waals surface area contributed by atoms with Crippen LogP contribution in [-0.2, 0) is 9.53 Å². The van der Waals surface area contributed by atoms with E-state index in [2.05, 4.69) is 4.74 Å². The minimum Gasteiger partial charge on any atom is -0.482 e. The third-order valence-corrected chi connectivity index (χ3v) is 2.77. The Labute approximate surface area is 117 Å². The normalized spacial score (nSPS) is 11.1. The lowest BCUT2D eigenvalue weighted by molar-refractivity contribution is -0.385. The number of esters is 1. The number of ether oxygens (including phenoxy) is 2. The molecule has 0 fully saturated rings. The first-order chi connectivity index (χ1) is 9.51. The number of nitrogens with zero attached hydrogens (tertiary/aromatic N) is 1. The topological polar surface area (TPSA) is 78.7 Å². The van der Waals surface area contributed by atoms with Gasteiger partial charge in [-0.3, -0.25) is 10.1 Å². The minimum atomic E-state index is -0.493. The van der Waals surface area contributed by atoms with Crippen molar-refractivity contribution >= 4 is 11.7 Å². The average Bonchev–Trinajstić information content (AvgIpc) is 2.43. The number of hydrogen-bond donors (Lipinski definition) is 0. The molecule has 0 N–H and O–H groups in total.